The minimum Gasteiger partial charge on any atom is -0.479 e. The topological polar surface area (TPSA) is 49.9 Å². The molecule has 1 unspecified atom stereocenters. The van der Waals surface area contributed by atoms with E-state index in [9.17, 15) is 14.0 Å². The van der Waals surface area contributed by atoms with Crippen molar-refractivity contribution in [2.75, 3.05) is 31.1 Å². The number of halogens is 2. The van der Waals surface area contributed by atoms with Crippen molar-refractivity contribution in [3.63, 3.8) is 0 Å². The summed E-state index contributed by atoms with van der Waals surface area (Å²) >= 11 is 6.15. The lowest BCUT2D eigenvalue weighted by Gasteiger charge is -2.37. The van der Waals surface area contributed by atoms with Gasteiger partial charge >= 0.3 is 0 Å². The van der Waals surface area contributed by atoms with Crippen LogP contribution in [0.2, 0.25) is 5.02 Å². The van der Waals surface area contributed by atoms with E-state index in [0.717, 1.165) is 5.56 Å². The Labute approximate surface area is 175 Å². The Kier molecular flexibility index (Phi) is 6.42. The quantitative estimate of drug-likeness (QED) is 0.686. The van der Waals surface area contributed by atoms with E-state index >= 15 is 0 Å². The van der Waals surface area contributed by atoms with Gasteiger partial charge in [-0.05, 0) is 56.7 Å². The normalized spacial score (nSPS) is 15.2. The molecule has 7 heteroatoms. The van der Waals surface area contributed by atoms with Gasteiger partial charge in [-0.1, -0.05) is 17.7 Å². The monoisotopic (exact) mass is 418 g/mol. The van der Waals surface area contributed by atoms with Gasteiger partial charge in [-0.15, -0.1) is 0 Å². The average molecular weight is 419 g/mol. The summed E-state index contributed by atoms with van der Waals surface area (Å²) in [6, 6.07) is 9.93. The van der Waals surface area contributed by atoms with Gasteiger partial charge in [0.1, 0.15) is 11.6 Å². The number of hydrogen-bond donors (Lipinski definition) is 0. The van der Waals surface area contributed by atoms with Gasteiger partial charge in [0.05, 0.1) is 10.7 Å². The zero-order chi connectivity index (χ0) is 21.1. The smallest absolute Gasteiger partial charge is 0.263 e. The number of benzene rings is 2. The van der Waals surface area contributed by atoms with Crippen LogP contribution in [-0.2, 0) is 4.79 Å². The standard InChI is InChI=1S/C22H24ClFN2O3/c1-14-4-6-18(23)21(12-14)29-16(3)22(28)26-10-8-25(9-11-26)20-7-5-17(15(2)27)13-19(20)24/h4-7,12-13,16H,8-11H2,1-3H3. The van der Waals surface area contributed by atoms with Crippen molar-refractivity contribution in [3.05, 3.63) is 58.4 Å². The van der Waals surface area contributed by atoms with Crippen LogP contribution in [0.4, 0.5) is 10.1 Å². The van der Waals surface area contributed by atoms with Crippen LogP contribution in [0.1, 0.15) is 29.8 Å². The van der Waals surface area contributed by atoms with E-state index in [0.29, 0.717) is 48.2 Å². The summed E-state index contributed by atoms with van der Waals surface area (Å²) in [7, 11) is 0. The van der Waals surface area contributed by atoms with E-state index in [4.69, 9.17) is 16.3 Å². The third-order valence-electron chi connectivity index (χ3n) is 5.02. The fraction of sp³-hybridized carbons (Fsp3) is 0.364. The molecule has 0 aliphatic carbocycles. The molecule has 1 aliphatic rings. The molecular weight excluding hydrogens is 395 g/mol. The Morgan fingerprint density at radius 1 is 1.10 bits per heavy atom. The van der Waals surface area contributed by atoms with Gasteiger partial charge in [-0.2, -0.15) is 0 Å². The van der Waals surface area contributed by atoms with E-state index in [1.807, 2.05) is 17.9 Å². The number of carbonyl (C=O) groups excluding carboxylic acids is 2. The predicted molar refractivity (Wildman–Crippen MR) is 111 cm³/mol. The number of amides is 1. The Balaban J connectivity index is 1.60. The Bertz CT molecular complexity index is 926. The van der Waals surface area contributed by atoms with Crippen LogP contribution in [0.25, 0.3) is 0 Å². The number of anilines is 1. The molecule has 0 aromatic heterocycles. The van der Waals surface area contributed by atoms with Crippen molar-refractivity contribution in [2.24, 2.45) is 0 Å². The Hall–Kier alpha value is -2.60. The second-order valence-electron chi connectivity index (χ2n) is 7.23. The average Bonchev–Trinajstić information content (AvgIpc) is 2.70. The van der Waals surface area contributed by atoms with Crippen LogP contribution < -0.4 is 9.64 Å². The summed E-state index contributed by atoms with van der Waals surface area (Å²) in [5.41, 5.74) is 1.79. The predicted octanol–water partition coefficient (Wildman–Crippen LogP) is 4.11. The fourth-order valence-electron chi connectivity index (χ4n) is 3.35. The molecule has 0 N–H and O–H groups in total. The minimum absolute atomic E-state index is 0.130. The number of aryl methyl sites for hydroxylation is 1. The summed E-state index contributed by atoms with van der Waals surface area (Å²) in [6.07, 6.45) is -0.674. The van der Waals surface area contributed by atoms with E-state index in [1.165, 1.54) is 13.0 Å². The molecule has 2 aromatic carbocycles. The van der Waals surface area contributed by atoms with Crippen molar-refractivity contribution < 1.29 is 18.7 Å². The van der Waals surface area contributed by atoms with Gasteiger partial charge in [0.15, 0.2) is 11.9 Å². The zero-order valence-electron chi connectivity index (χ0n) is 16.7. The summed E-state index contributed by atoms with van der Waals surface area (Å²) in [5, 5.41) is 0.463. The minimum atomic E-state index is -0.674. The number of hydrogen-bond acceptors (Lipinski definition) is 4. The summed E-state index contributed by atoms with van der Waals surface area (Å²) in [5.74, 6) is -0.245. The van der Waals surface area contributed by atoms with E-state index in [2.05, 4.69) is 0 Å². The first-order valence-corrected chi connectivity index (χ1v) is 9.91. The van der Waals surface area contributed by atoms with Crippen molar-refractivity contribution in [1.82, 2.24) is 4.90 Å². The molecular formula is C22H24ClFN2O3. The first-order valence-electron chi connectivity index (χ1n) is 9.53. The highest BCUT2D eigenvalue weighted by atomic mass is 35.5. The first kappa shape index (κ1) is 21.1. The van der Waals surface area contributed by atoms with Gasteiger partial charge in [0, 0.05) is 31.7 Å². The highest BCUT2D eigenvalue weighted by Crippen LogP contribution is 2.27. The van der Waals surface area contributed by atoms with E-state index in [1.54, 1.807) is 36.1 Å². The molecule has 29 heavy (non-hydrogen) atoms. The first-order chi connectivity index (χ1) is 13.8. The van der Waals surface area contributed by atoms with Crippen molar-refractivity contribution in [3.8, 4) is 5.75 Å². The number of carbonyl (C=O) groups is 2. The van der Waals surface area contributed by atoms with Gasteiger partial charge in [0.2, 0.25) is 0 Å². The maximum Gasteiger partial charge on any atom is 0.263 e. The molecule has 1 aliphatic heterocycles. The van der Waals surface area contributed by atoms with Crippen molar-refractivity contribution in [1.29, 1.82) is 0 Å². The zero-order valence-corrected chi connectivity index (χ0v) is 17.5. The maximum absolute atomic E-state index is 14.4. The molecule has 5 nitrogen and oxygen atoms in total. The second kappa shape index (κ2) is 8.82. The van der Waals surface area contributed by atoms with E-state index < -0.39 is 11.9 Å². The molecule has 0 radical (unpaired) electrons. The molecule has 1 saturated heterocycles. The van der Waals surface area contributed by atoms with Crippen LogP contribution in [0.5, 0.6) is 5.75 Å². The molecule has 154 valence electrons. The molecule has 1 fully saturated rings. The fourth-order valence-corrected chi connectivity index (χ4v) is 3.51. The van der Waals surface area contributed by atoms with Gasteiger partial charge in [-0.3, -0.25) is 9.59 Å². The number of ketones is 1. The number of Topliss-reactive ketones (excluding diaryl/α,β-unsaturated/α-hetero) is 1. The summed E-state index contributed by atoms with van der Waals surface area (Å²) in [4.78, 5) is 27.7. The highest BCUT2D eigenvalue weighted by Gasteiger charge is 2.27. The molecule has 2 aromatic rings. The number of rotatable bonds is 5. The second-order valence-corrected chi connectivity index (χ2v) is 7.64. The highest BCUT2D eigenvalue weighted by molar-refractivity contribution is 6.32. The number of nitrogens with zero attached hydrogens (tertiary/aromatic N) is 2. The van der Waals surface area contributed by atoms with Gasteiger partial charge < -0.3 is 14.5 Å². The molecule has 0 saturated carbocycles. The van der Waals surface area contributed by atoms with Gasteiger partial charge in [-0.25, -0.2) is 4.39 Å². The maximum atomic E-state index is 14.4. The van der Waals surface area contributed by atoms with Crippen LogP contribution in [-0.4, -0.2) is 48.9 Å². The van der Waals surface area contributed by atoms with Crippen molar-refractivity contribution in [2.45, 2.75) is 26.9 Å². The lowest BCUT2D eigenvalue weighted by Crippen LogP contribution is -2.52. The van der Waals surface area contributed by atoms with Crippen LogP contribution >= 0.6 is 11.6 Å². The summed E-state index contributed by atoms with van der Waals surface area (Å²) in [6.45, 7) is 6.96. The number of ether oxygens (including phenoxy) is 1. The molecule has 3 rings (SSSR count). The van der Waals surface area contributed by atoms with E-state index in [-0.39, 0.29) is 11.7 Å². The molecule has 1 atom stereocenters. The van der Waals surface area contributed by atoms with Gasteiger partial charge in [0.25, 0.3) is 5.91 Å². The Morgan fingerprint density at radius 2 is 1.79 bits per heavy atom. The van der Waals surface area contributed by atoms with Crippen LogP contribution in [0, 0.1) is 12.7 Å². The van der Waals surface area contributed by atoms with Crippen LogP contribution in [0.15, 0.2) is 36.4 Å². The third-order valence-corrected chi connectivity index (χ3v) is 5.34. The van der Waals surface area contributed by atoms with Crippen molar-refractivity contribution >= 4 is 29.0 Å². The molecule has 0 spiro atoms. The lowest BCUT2D eigenvalue weighted by atomic mass is 10.1. The van der Waals surface area contributed by atoms with Crippen LogP contribution in [0.3, 0.4) is 0 Å². The Morgan fingerprint density at radius 3 is 2.41 bits per heavy atom. The lowest BCUT2D eigenvalue weighted by molar-refractivity contribution is -0.138. The molecule has 1 amide bonds. The third kappa shape index (κ3) is 4.88. The molecule has 0 bridgehead atoms. The number of piperazine rings is 1. The SMILES string of the molecule is CC(=O)c1ccc(N2CCN(C(=O)C(C)Oc3cc(C)ccc3Cl)CC2)c(F)c1. The molecule has 1 heterocycles. The summed E-state index contributed by atoms with van der Waals surface area (Å²) < 4.78 is 20.2. The largest absolute Gasteiger partial charge is 0.479 e.